The minimum absolute atomic E-state index is 0.0684. The zero-order valence-corrected chi connectivity index (χ0v) is 12.4. The van der Waals surface area contributed by atoms with E-state index in [2.05, 4.69) is 4.98 Å². The summed E-state index contributed by atoms with van der Waals surface area (Å²) in [5.41, 5.74) is 0.471. The molecule has 6 nitrogen and oxygen atoms in total. The van der Waals surface area contributed by atoms with E-state index in [1.165, 1.54) is 24.5 Å². The van der Waals surface area contributed by atoms with Crippen LogP contribution in [-0.4, -0.2) is 28.5 Å². The lowest BCUT2D eigenvalue weighted by molar-refractivity contribution is 0.0689. The molecule has 0 aliphatic carbocycles. The van der Waals surface area contributed by atoms with Crippen molar-refractivity contribution < 1.29 is 18.3 Å². The Balaban J connectivity index is 2.41. The number of carboxylic acids is 1. The Morgan fingerprint density at radius 2 is 1.95 bits per heavy atom. The van der Waals surface area contributed by atoms with Crippen molar-refractivity contribution in [3.05, 3.63) is 60.0 Å². The van der Waals surface area contributed by atoms with Crippen molar-refractivity contribution >= 4 is 26.9 Å². The molecule has 0 spiro atoms. The number of hydrogen-bond acceptors (Lipinski definition) is 4. The number of fused-ring (bicyclic) bond motifs is 1. The fraction of sp³-hybridized carbons (Fsp3) is 0.0667. The Morgan fingerprint density at radius 3 is 2.64 bits per heavy atom. The van der Waals surface area contributed by atoms with Crippen LogP contribution in [0.3, 0.4) is 0 Å². The number of rotatable bonds is 3. The second-order valence-corrected chi connectivity index (χ2v) is 6.56. The monoisotopic (exact) mass is 316 g/mol. The lowest BCUT2D eigenvalue weighted by atomic mass is 10.2. The van der Waals surface area contributed by atoms with Crippen LogP contribution in [0.1, 0.15) is 16.1 Å². The third-order valence-corrected chi connectivity index (χ3v) is 5.28. The summed E-state index contributed by atoms with van der Waals surface area (Å²) in [6, 6.07) is 9.35. The highest BCUT2D eigenvalue weighted by molar-refractivity contribution is 7.90. The molecule has 3 rings (SSSR count). The first-order valence-electron chi connectivity index (χ1n) is 6.43. The number of aromatic carboxylic acids is 1. The molecular weight excluding hydrogens is 304 g/mol. The zero-order valence-electron chi connectivity index (χ0n) is 11.6. The number of pyridine rings is 1. The number of carboxylic acid groups (broad SMARTS) is 1. The molecule has 0 unspecified atom stereocenters. The lowest BCUT2D eigenvalue weighted by Crippen LogP contribution is -2.19. The van der Waals surface area contributed by atoms with Crippen molar-refractivity contribution in [2.45, 2.75) is 11.8 Å². The smallest absolute Gasteiger partial charge is 0.353 e. The van der Waals surface area contributed by atoms with Gasteiger partial charge in [-0.05, 0) is 30.7 Å². The molecule has 0 aliphatic rings. The second-order valence-electron chi connectivity index (χ2n) is 4.80. The molecule has 0 radical (unpaired) electrons. The number of hydrogen-bond donors (Lipinski definition) is 1. The maximum Gasteiger partial charge on any atom is 0.353 e. The Kier molecular flexibility index (Phi) is 3.22. The molecule has 0 aliphatic heterocycles. The van der Waals surface area contributed by atoms with E-state index in [1.807, 2.05) is 0 Å². The van der Waals surface area contributed by atoms with Crippen molar-refractivity contribution in [2.75, 3.05) is 0 Å². The van der Waals surface area contributed by atoms with E-state index in [0.29, 0.717) is 10.9 Å². The minimum atomic E-state index is -4.03. The minimum Gasteiger partial charge on any atom is -0.477 e. The number of aromatic nitrogens is 2. The van der Waals surface area contributed by atoms with Crippen LogP contribution in [0.15, 0.2) is 53.7 Å². The summed E-state index contributed by atoms with van der Waals surface area (Å²) < 4.78 is 26.7. The van der Waals surface area contributed by atoms with E-state index in [-0.39, 0.29) is 16.1 Å². The Hall–Kier alpha value is -2.67. The quantitative estimate of drug-likeness (QED) is 0.800. The van der Waals surface area contributed by atoms with Gasteiger partial charge in [0.1, 0.15) is 5.69 Å². The van der Waals surface area contributed by atoms with Crippen molar-refractivity contribution in [1.29, 1.82) is 0 Å². The summed E-state index contributed by atoms with van der Waals surface area (Å²) in [6.45, 7) is 1.66. The van der Waals surface area contributed by atoms with Crippen LogP contribution in [0.2, 0.25) is 0 Å². The topological polar surface area (TPSA) is 89.3 Å². The van der Waals surface area contributed by atoms with Gasteiger partial charge in [-0.15, -0.1) is 0 Å². The van der Waals surface area contributed by atoms with Crippen LogP contribution in [0.4, 0.5) is 0 Å². The summed E-state index contributed by atoms with van der Waals surface area (Å²) in [7, 11) is -4.03. The van der Waals surface area contributed by atoms with Crippen LogP contribution in [0, 0.1) is 6.92 Å². The van der Waals surface area contributed by atoms with Gasteiger partial charge in [0.2, 0.25) is 0 Å². The van der Waals surface area contributed by atoms with E-state index in [4.69, 9.17) is 0 Å². The SMILES string of the molecule is Cc1ccccc1S(=O)(=O)n1c(C(=O)O)cc2ccncc21. The average Bonchev–Trinajstić information content (AvgIpc) is 2.88. The first kappa shape index (κ1) is 14.3. The molecule has 0 saturated carbocycles. The van der Waals surface area contributed by atoms with E-state index < -0.39 is 16.0 Å². The molecule has 1 N–H and O–H groups in total. The number of nitrogens with zero attached hydrogens (tertiary/aromatic N) is 2. The van der Waals surface area contributed by atoms with Gasteiger partial charge in [0.25, 0.3) is 10.0 Å². The first-order chi connectivity index (χ1) is 10.4. The van der Waals surface area contributed by atoms with Crippen LogP contribution in [0.25, 0.3) is 10.9 Å². The average molecular weight is 316 g/mol. The molecule has 0 fully saturated rings. The van der Waals surface area contributed by atoms with E-state index >= 15 is 0 Å². The fourth-order valence-corrected chi connectivity index (χ4v) is 4.10. The van der Waals surface area contributed by atoms with Crippen molar-refractivity contribution in [3.8, 4) is 0 Å². The van der Waals surface area contributed by atoms with Crippen LogP contribution in [-0.2, 0) is 10.0 Å². The summed E-state index contributed by atoms with van der Waals surface area (Å²) in [4.78, 5) is 15.4. The molecule has 1 aromatic carbocycles. The van der Waals surface area contributed by atoms with Crippen LogP contribution in [0.5, 0.6) is 0 Å². The lowest BCUT2D eigenvalue weighted by Gasteiger charge is -2.11. The van der Waals surface area contributed by atoms with Crippen molar-refractivity contribution in [1.82, 2.24) is 8.96 Å². The van der Waals surface area contributed by atoms with Gasteiger partial charge in [-0.3, -0.25) is 4.98 Å². The summed E-state index contributed by atoms with van der Waals surface area (Å²) >= 11 is 0. The van der Waals surface area contributed by atoms with E-state index in [0.717, 1.165) is 3.97 Å². The number of carbonyl (C=O) groups is 1. The molecule has 2 aromatic heterocycles. The molecule has 0 bridgehead atoms. The molecule has 7 heteroatoms. The standard InChI is InChI=1S/C15H12N2O4S/c1-10-4-2-3-5-14(10)22(20,21)17-12(15(18)19)8-11-6-7-16-9-13(11)17/h2-9H,1H3,(H,18,19). The van der Waals surface area contributed by atoms with Crippen molar-refractivity contribution in [3.63, 3.8) is 0 Å². The van der Waals surface area contributed by atoms with Crippen LogP contribution < -0.4 is 0 Å². The third-order valence-electron chi connectivity index (χ3n) is 3.39. The first-order valence-corrected chi connectivity index (χ1v) is 7.87. The third kappa shape index (κ3) is 2.06. The molecule has 3 aromatic rings. The largest absolute Gasteiger partial charge is 0.477 e. The number of benzene rings is 1. The molecular formula is C15H12N2O4S. The molecule has 0 saturated heterocycles. The molecule has 0 amide bonds. The second kappa shape index (κ2) is 4.96. The zero-order chi connectivity index (χ0) is 15.9. The highest BCUT2D eigenvalue weighted by Crippen LogP contribution is 2.26. The fourth-order valence-electron chi connectivity index (χ4n) is 2.38. The van der Waals surface area contributed by atoms with Gasteiger partial charge in [-0.1, -0.05) is 18.2 Å². The Morgan fingerprint density at radius 1 is 1.23 bits per heavy atom. The summed E-state index contributed by atoms with van der Waals surface area (Å²) in [6.07, 6.45) is 2.83. The summed E-state index contributed by atoms with van der Waals surface area (Å²) in [5.74, 6) is -1.31. The Bertz CT molecular complexity index is 990. The van der Waals surface area contributed by atoms with Gasteiger partial charge in [-0.2, -0.15) is 0 Å². The van der Waals surface area contributed by atoms with Gasteiger partial charge >= 0.3 is 5.97 Å². The van der Waals surface area contributed by atoms with Gasteiger partial charge in [0.05, 0.1) is 16.6 Å². The van der Waals surface area contributed by atoms with E-state index in [9.17, 15) is 18.3 Å². The summed E-state index contributed by atoms with van der Waals surface area (Å²) in [5, 5.41) is 9.84. The van der Waals surface area contributed by atoms with Gasteiger partial charge in [0.15, 0.2) is 0 Å². The number of aryl methyl sites for hydroxylation is 1. The van der Waals surface area contributed by atoms with Gasteiger partial charge in [0, 0.05) is 11.6 Å². The van der Waals surface area contributed by atoms with Crippen molar-refractivity contribution in [2.24, 2.45) is 0 Å². The highest BCUT2D eigenvalue weighted by atomic mass is 32.2. The molecule has 0 atom stereocenters. The van der Waals surface area contributed by atoms with Gasteiger partial charge in [-0.25, -0.2) is 17.2 Å². The maximum absolute atomic E-state index is 12.9. The van der Waals surface area contributed by atoms with Crippen LogP contribution >= 0.6 is 0 Å². The Labute approximate surface area is 126 Å². The van der Waals surface area contributed by atoms with Gasteiger partial charge < -0.3 is 5.11 Å². The predicted molar refractivity (Wildman–Crippen MR) is 80.5 cm³/mol. The molecule has 112 valence electrons. The normalized spacial score (nSPS) is 11.7. The maximum atomic E-state index is 12.9. The predicted octanol–water partition coefficient (Wildman–Crippen LogP) is 2.28. The molecule has 22 heavy (non-hydrogen) atoms. The van der Waals surface area contributed by atoms with E-state index in [1.54, 1.807) is 31.2 Å². The highest BCUT2D eigenvalue weighted by Gasteiger charge is 2.27. The molecule has 2 heterocycles.